The number of anilines is 1. The summed E-state index contributed by atoms with van der Waals surface area (Å²) in [6, 6.07) is 14.8. The van der Waals surface area contributed by atoms with Gasteiger partial charge < -0.3 is 15.8 Å². The smallest absolute Gasteiger partial charge is 0.257 e. The zero-order valence-corrected chi connectivity index (χ0v) is 10.7. The summed E-state index contributed by atoms with van der Waals surface area (Å²) in [6.45, 7) is 0.456. The molecule has 2 aromatic rings. The molecule has 2 aromatic carbocycles. The molecule has 3 N–H and O–H groups in total. The molecule has 0 heterocycles. The summed E-state index contributed by atoms with van der Waals surface area (Å²) < 4.78 is 5.16. The van der Waals surface area contributed by atoms with Crippen molar-refractivity contribution < 1.29 is 9.53 Å². The second-order valence-electron chi connectivity index (χ2n) is 4.09. The Hall–Kier alpha value is -2.49. The maximum Gasteiger partial charge on any atom is 0.257 e. The van der Waals surface area contributed by atoms with Crippen molar-refractivity contribution in [2.45, 2.75) is 6.54 Å². The van der Waals surface area contributed by atoms with E-state index in [1.54, 1.807) is 18.2 Å². The first kappa shape index (κ1) is 13.0. The molecule has 19 heavy (non-hydrogen) atoms. The topological polar surface area (TPSA) is 64.3 Å². The Morgan fingerprint density at radius 2 is 1.89 bits per heavy atom. The van der Waals surface area contributed by atoms with Gasteiger partial charge in [0, 0.05) is 12.2 Å². The third kappa shape index (κ3) is 3.04. The van der Waals surface area contributed by atoms with Crippen LogP contribution < -0.4 is 15.8 Å². The van der Waals surface area contributed by atoms with E-state index in [1.165, 1.54) is 7.11 Å². The van der Waals surface area contributed by atoms with Gasteiger partial charge >= 0.3 is 0 Å². The highest BCUT2D eigenvalue weighted by Gasteiger charge is 2.15. The number of amides is 1. The van der Waals surface area contributed by atoms with Crippen molar-refractivity contribution in [2.75, 3.05) is 12.8 Å². The molecule has 0 radical (unpaired) electrons. The van der Waals surface area contributed by atoms with Crippen LogP contribution in [0.4, 0.5) is 5.69 Å². The highest BCUT2D eigenvalue weighted by Crippen LogP contribution is 2.23. The predicted molar refractivity (Wildman–Crippen MR) is 75.0 cm³/mol. The summed E-state index contributed by atoms with van der Waals surface area (Å²) in [5, 5.41) is 2.83. The lowest BCUT2D eigenvalue weighted by atomic mass is 10.1. The molecule has 0 aliphatic heterocycles. The number of rotatable bonds is 4. The third-order valence-corrected chi connectivity index (χ3v) is 2.80. The molecule has 0 aliphatic carbocycles. The molecule has 4 heteroatoms. The fourth-order valence-electron chi connectivity index (χ4n) is 1.83. The molecule has 0 bridgehead atoms. The lowest BCUT2D eigenvalue weighted by Crippen LogP contribution is -2.24. The number of nitrogens with one attached hydrogen (secondary N) is 1. The Balaban J connectivity index is 2.12. The van der Waals surface area contributed by atoms with Crippen LogP contribution in [0, 0.1) is 0 Å². The minimum atomic E-state index is -0.237. The average Bonchev–Trinajstić information content (AvgIpc) is 2.45. The Labute approximate surface area is 112 Å². The fourth-order valence-corrected chi connectivity index (χ4v) is 1.83. The van der Waals surface area contributed by atoms with Crippen LogP contribution in [0.5, 0.6) is 5.75 Å². The van der Waals surface area contributed by atoms with E-state index in [9.17, 15) is 4.79 Å². The molecule has 0 aromatic heterocycles. The van der Waals surface area contributed by atoms with Crippen molar-refractivity contribution in [3.05, 3.63) is 59.7 Å². The van der Waals surface area contributed by atoms with Gasteiger partial charge in [0.25, 0.3) is 5.91 Å². The third-order valence-electron chi connectivity index (χ3n) is 2.80. The van der Waals surface area contributed by atoms with Crippen LogP contribution >= 0.6 is 0 Å². The van der Waals surface area contributed by atoms with E-state index in [0.717, 1.165) is 5.56 Å². The molecule has 0 saturated heterocycles. The lowest BCUT2D eigenvalue weighted by molar-refractivity contribution is 0.0949. The normalized spacial score (nSPS) is 9.95. The summed E-state index contributed by atoms with van der Waals surface area (Å²) in [7, 11) is 1.52. The Morgan fingerprint density at radius 3 is 2.58 bits per heavy atom. The minimum Gasteiger partial charge on any atom is -0.496 e. The van der Waals surface area contributed by atoms with E-state index < -0.39 is 0 Å². The highest BCUT2D eigenvalue weighted by molar-refractivity contribution is 6.01. The van der Waals surface area contributed by atoms with Crippen molar-refractivity contribution >= 4 is 11.6 Å². The summed E-state index contributed by atoms with van der Waals surface area (Å²) in [4.78, 5) is 12.1. The maximum absolute atomic E-state index is 12.1. The first-order valence-corrected chi connectivity index (χ1v) is 5.97. The van der Waals surface area contributed by atoms with Gasteiger partial charge in [-0.05, 0) is 17.7 Å². The van der Waals surface area contributed by atoms with Gasteiger partial charge in [-0.1, -0.05) is 36.4 Å². The summed E-state index contributed by atoms with van der Waals surface area (Å²) >= 11 is 0. The van der Waals surface area contributed by atoms with Crippen molar-refractivity contribution in [2.24, 2.45) is 0 Å². The predicted octanol–water partition coefficient (Wildman–Crippen LogP) is 2.21. The molecule has 98 valence electrons. The SMILES string of the molecule is COc1cccc(N)c1C(=O)NCc1ccccc1. The van der Waals surface area contributed by atoms with Crippen LogP contribution in [0.25, 0.3) is 0 Å². The molecule has 4 nitrogen and oxygen atoms in total. The van der Waals surface area contributed by atoms with Gasteiger partial charge in [-0.15, -0.1) is 0 Å². The number of nitrogen functional groups attached to an aromatic ring is 1. The summed E-state index contributed by atoms with van der Waals surface area (Å²) in [5.74, 6) is 0.240. The average molecular weight is 256 g/mol. The Morgan fingerprint density at radius 1 is 1.16 bits per heavy atom. The van der Waals surface area contributed by atoms with Crippen LogP contribution in [-0.4, -0.2) is 13.0 Å². The van der Waals surface area contributed by atoms with Crippen molar-refractivity contribution in [1.29, 1.82) is 0 Å². The van der Waals surface area contributed by atoms with Gasteiger partial charge in [0.1, 0.15) is 11.3 Å². The molecule has 2 rings (SSSR count). The van der Waals surface area contributed by atoms with Gasteiger partial charge in [0.05, 0.1) is 7.11 Å². The lowest BCUT2D eigenvalue weighted by Gasteiger charge is -2.11. The zero-order valence-electron chi connectivity index (χ0n) is 10.7. The molecular formula is C15H16N2O2. The molecule has 0 atom stereocenters. The maximum atomic E-state index is 12.1. The van der Waals surface area contributed by atoms with Crippen molar-refractivity contribution in [3.8, 4) is 5.75 Å². The molecule has 0 fully saturated rings. The van der Waals surface area contributed by atoms with Gasteiger partial charge in [-0.25, -0.2) is 0 Å². The van der Waals surface area contributed by atoms with E-state index in [2.05, 4.69) is 5.32 Å². The quantitative estimate of drug-likeness (QED) is 0.824. The van der Waals surface area contributed by atoms with Crippen molar-refractivity contribution in [1.82, 2.24) is 5.32 Å². The van der Waals surface area contributed by atoms with Crippen LogP contribution in [0.3, 0.4) is 0 Å². The molecule has 0 unspecified atom stereocenters. The number of hydrogen-bond acceptors (Lipinski definition) is 3. The molecule has 0 spiro atoms. The van der Waals surface area contributed by atoms with Crippen LogP contribution in [0.1, 0.15) is 15.9 Å². The number of ether oxygens (including phenoxy) is 1. The Kier molecular flexibility index (Phi) is 4.03. The van der Waals surface area contributed by atoms with Gasteiger partial charge in [-0.2, -0.15) is 0 Å². The summed E-state index contributed by atoms with van der Waals surface area (Å²) in [5.41, 5.74) is 7.64. The second kappa shape index (κ2) is 5.91. The van der Waals surface area contributed by atoms with E-state index in [4.69, 9.17) is 10.5 Å². The van der Waals surface area contributed by atoms with Gasteiger partial charge in [-0.3, -0.25) is 4.79 Å². The van der Waals surface area contributed by atoms with E-state index in [-0.39, 0.29) is 5.91 Å². The zero-order chi connectivity index (χ0) is 13.7. The number of benzene rings is 2. The van der Waals surface area contributed by atoms with Crippen LogP contribution in [-0.2, 0) is 6.54 Å². The van der Waals surface area contributed by atoms with E-state index >= 15 is 0 Å². The first-order chi connectivity index (χ1) is 9.22. The largest absolute Gasteiger partial charge is 0.496 e. The van der Waals surface area contributed by atoms with Crippen LogP contribution in [0.2, 0.25) is 0 Å². The summed E-state index contributed by atoms with van der Waals surface area (Å²) in [6.07, 6.45) is 0. The van der Waals surface area contributed by atoms with Crippen LogP contribution in [0.15, 0.2) is 48.5 Å². The number of nitrogens with two attached hydrogens (primary N) is 1. The molecule has 0 aliphatic rings. The molecule has 1 amide bonds. The first-order valence-electron chi connectivity index (χ1n) is 5.97. The highest BCUT2D eigenvalue weighted by atomic mass is 16.5. The molecular weight excluding hydrogens is 240 g/mol. The van der Waals surface area contributed by atoms with E-state index in [1.807, 2.05) is 30.3 Å². The Bertz CT molecular complexity index is 568. The number of carbonyl (C=O) groups excluding carboxylic acids is 1. The minimum absolute atomic E-state index is 0.237. The van der Waals surface area contributed by atoms with Gasteiger partial charge in [0.15, 0.2) is 0 Å². The standard InChI is InChI=1S/C15H16N2O2/c1-19-13-9-5-8-12(16)14(13)15(18)17-10-11-6-3-2-4-7-11/h2-9H,10,16H2,1H3,(H,17,18). The number of methoxy groups -OCH3 is 1. The number of hydrogen-bond donors (Lipinski definition) is 2. The fraction of sp³-hybridized carbons (Fsp3) is 0.133. The van der Waals surface area contributed by atoms with Crippen molar-refractivity contribution in [3.63, 3.8) is 0 Å². The van der Waals surface area contributed by atoms with Gasteiger partial charge in [0.2, 0.25) is 0 Å². The second-order valence-corrected chi connectivity index (χ2v) is 4.09. The number of carbonyl (C=O) groups is 1. The molecule has 0 saturated carbocycles. The monoisotopic (exact) mass is 256 g/mol. The van der Waals surface area contributed by atoms with E-state index in [0.29, 0.717) is 23.5 Å².